The number of piperazine rings is 1. The van der Waals surface area contributed by atoms with Crippen molar-refractivity contribution in [3.8, 4) is 11.5 Å². The fourth-order valence-electron chi connectivity index (χ4n) is 3.05. The molecular formula is C19H20ClFN2O3. The van der Waals surface area contributed by atoms with E-state index in [9.17, 15) is 9.18 Å². The normalized spacial score (nSPS) is 14.3. The van der Waals surface area contributed by atoms with Crippen LogP contribution in [0.15, 0.2) is 36.4 Å². The Labute approximate surface area is 156 Å². The zero-order valence-corrected chi connectivity index (χ0v) is 15.4. The lowest BCUT2D eigenvalue weighted by Gasteiger charge is -2.36. The maximum absolute atomic E-state index is 13.4. The number of nitrogens with zero attached hydrogens (tertiary/aromatic N) is 2. The lowest BCUT2D eigenvalue weighted by atomic mass is 10.1. The summed E-state index contributed by atoms with van der Waals surface area (Å²) in [4.78, 5) is 16.4. The molecule has 2 aromatic rings. The van der Waals surface area contributed by atoms with Crippen molar-refractivity contribution in [2.75, 3.05) is 45.3 Å². The summed E-state index contributed by atoms with van der Waals surface area (Å²) in [6.45, 7) is 2.32. The maximum Gasteiger partial charge on any atom is 0.254 e. The van der Waals surface area contributed by atoms with Crippen LogP contribution in [0.1, 0.15) is 10.4 Å². The van der Waals surface area contributed by atoms with E-state index in [-0.39, 0.29) is 5.91 Å². The number of hydrogen-bond donors (Lipinski definition) is 0. The van der Waals surface area contributed by atoms with E-state index < -0.39 is 5.82 Å². The Kier molecular flexibility index (Phi) is 5.52. The van der Waals surface area contributed by atoms with Gasteiger partial charge in [-0.05, 0) is 18.2 Å². The highest BCUT2D eigenvalue weighted by atomic mass is 35.5. The number of carbonyl (C=O) groups is 1. The largest absolute Gasteiger partial charge is 0.495 e. The molecule has 26 heavy (non-hydrogen) atoms. The molecule has 3 rings (SSSR count). The monoisotopic (exact) mass is 378 g/mol. The van der Waals surface area contributed by atoms with Crippen LogP contribution in [0.5, 0.6) is 11.5 Å². The molecule has 0 atom stereocenters. The highest BCUT2D eigenvalue weighted by molar-refractivity contribution is 6.32. The molecule has 1 fully saturated rings. The van der Waals surface area contributed by atoms with Crippen molar-refractivity contribution >= 4 is 23.2 Å². The fraction of sp³-hybridized carbons (Fsp3) is 0.316. The van der Waals surface area contributed by atoms with Gasteiger partial charge in [-0.2, -0.15) is 0 Å². The first-order chi connectivity index (χ1) is 12.5. The van der Waals surface area contributed by atoms with Crippen LogP contribution in [-0.4, -0.2) is 51.2 Å². The Hall–Kier alpha value is -2.47. The molecule has 138 valence electrons. The van der Waals surface area contributed by atoms with E-state index in [1.807, 2.05) is 6.07 Å². The molecule has 1 amide bonds. The number of rotatable bonds is 4. The van der Waals surface area contributed by atoms with E-state index in [0.717, 1.165) is 5.69 Å². The summed E-state index contributed by atoms with van der Waals surface area (Å²) >= 11 is 6.16. The summed E-state index contributed by atoms with van der Waals surface area (Å²) in [5.74, 6) is 0.652. The molecule has 0 N–H and O–H groups in total. The van der Waals surface area contributed by atoms with E-state index in [4.69, 9.17) is 21.1 Å². The zero-order valence-electron chi connectivity index (χ0n) is 14.7. The van der Waals surface area contributed by atoms with Gasteiger partial charge < -0.3 is 19.3 Å². The number of benzene rings is 2. The number of methoxy groups -OCH3 is 2. The third-order valence-corrected chi connectivity index (χ3v) is 4.73. The van der Waals surface area contributed by atoms with Crippen molar-refractivity contribution in [3.63, 3.8) is 0 Å². The smallest absolute Gasteiger partial charge is 0.254 e. The molecule has 0 spiro atoms. The van der Waals surface area contributed by atoms with Crippen molar-refractivity contribution in [1.82, 2.24) is 4.90 Å². The van der Waals surface area contributed by atoms with Gasteiger partial charge in [-0.3, -0.25) is 4.79 Å². The number of halogens is 2. The van der Waals surface area contributed by atoms with Gasteiger partial charge in [0.1, 0.15) is 17.3 Å². The fourth-order valence-corrected chi connectivity index (χ4v) is 3.28. The van der Waals surface area contributed by atoms with Gasteiger partial charge in [-0.1, -0.05) is 17.7 Å². The van der Waals surface area contributed by atoms with Gasteiger partial charge in [0.05, 0.1) is 24.9 Å². The highest BCUT2D eigenvalue weighted by Crippen LogP contribution is 2.38. The SMILES string of the molecule is COc1cc(N2CCN(C(=O)c3cccc(F)c3)CC2)c(OC)cc1Cl. The van der Waals surface area contributed by atoms with Crippen LogP contribution < -0.4 is 14.4 Å². The minimum Gasteiger partial charge on any atom is -0.495 e. The average molecular weight is 379 g/mol. The summed E-state index contributed by atoms with van der Waals surface area (Å²) in [6, 6.07) is 9.33. The summed E-state index contributed by atoms with van der Waals surface area (Å²) in [5.41, 5.74) is 1.23. The van der Waals surface area contributed by atoms with E-state index in [1.165, 1.54) is 12.1 Å². The van der Waals surface area contributed by atoms with Crippen molar-refractivity contribution in [2.45, 2.75) is 0 Å². The molecule has 7 heteroatoms. The summed E-state index contributed by atoms with van der Waals surface area (Å²) in [5, 5.41) is 0.480. The molecule has 0 unspecified atom stereocenters. The third kappa shape index (κ3) is 3.70. The minimum absolute atomic E-state index is 0.162. The quantitative estimate of drug-likeness (QED) is 0.817. The van der Waals surface area contributed by atoms with Crippen LogP contribution >= 0.6 is 11.6 Å². The Morgan fingerprint density at radius 1 is 1.04 bits per heavy atom. The minimum atomic E-state index is -0.410. The molecule has 5 nitrogen and oxygen atoms in total. The molecule has 1 heterocycles. The highest BCUT2D eigenvalue weighted by Gasteiger charge is 2.25. The van der Waals surface area contributed by atoms with Gasteiger partial charge >= 0.3 is 0 Å². The van der Waals surface area contributed by atoms with Crippen LogP contribution in [0.3, 0.4) is 0 Å². The number of amides is 1. The van der Waals surface area contributed by atoms with Gasteiger partial charge in [0.2, 0.25) is 0 Å². The van der Waals surface area contributed by atoms with Crippen LogP contribution in [0.2, 0.25) is 5.02 Å². The van der Waals surface area contributed by atoms with Gasteiger partial charge in [-0.25, -0.2) is 4.39 Å². The van der Waals surface area contributed by atoms with Gasteiger partial charge in [-0.15, -0.1) is 0 Å². The molecule has 0 radical (unpaired) electrons. The third-order valence-electron chi connectivity index (χ3n) is 4.43. The Balaban J connectivity index is 1.73. The van der Waals surface area contributed by atoms with Crippen molar-refractivity contribution in [3.05, 3.63) is 52.8 Å². The molecule has 0 aliphatic carbocycles. The summed E-state index contributed by atoms with van der Waals surface area (Å²) in [7, 11) is 3.15. The van der Waals surface area contributed by atoms with E-state index in [2.05, 4.69) is 4.90 Å². The summed E-state index contributed by atoms with van der Waals surface area (Å²) in [6.07, 6.45) is 0. The number of ether oxygens (including phenoxy) is 2. The van der Waals surface area contributed by atoms with Crippen LogP contribution in [0.25, 0.3) is 0 Å². The molecule has 2 aromatic carbocycles. The van der Waals surface area contributed by atoms with Crippen molar-refractivity contribution in [2.24, 2.45) is 0 Å². The molecular weight excluding hydrogens is 359 g/mol. The van der Waals surface area contributed by atoms with E-state index in [0.29, 0.717) is 48.3 Å². The molecule has 1 saturated heterocycles. The predicted molar refractivity (Wildman–Crippen MR) is 99.1 cm³/mol. The first-order valence-electron chi connectivity index (χ1n) is 8.25. The van der Waals surface area contributed by atoms with Crippen molar-refractivity contribution < 1.29 is 18.7 Å². The number of anilines is 1. The first kappa shape index (κ1) is 18.3. The second kappa shape index (κ2) is 7.83. The van der Waals surface area contributed by atoms with E-state index in [1.54, 1.807) is 37.3 Å². The lowest BCUT2D eigenvalue weighted by Crippen LogP contribution is -2.48. The topological polar surface area (TPSA) is 42.0 Å². The molecule has 0 aromatic heterocycles. The van der Waals surface area contributed by atoms with Crippen LogP contribution in [-0.2, 0) is 0 Å². The Bertz CT molecular complexity index is 807. The van der Waals surface area contributed by atoms with Crippen LogP contribution in [0, 0.1) is 5.82 Å². The Morgan fingerprint density at radius 2 is 1.73 bits per heavy atom. The molecule has 0 bridgehead atoms. The second-order valence-electron chi connectivity index (χ2n) is 5.95. The summed E-state index contributed by atoms with van der Waals surface area (Å²) < 4.78 is 24.1. The lowest BCUT2D eigenvalue weighted by molar-refractivity contribution is 0.0746. The number of carbonyl (C=O) groups excluding carboxylic acids is 1. The maximum atomic E-state index is 13.4. The standard InChI is InChI=1S/C19H20ClFN2O3/c1-25-17-12-16(18(26-2)11-15(17)20)22-6-8-23(9-7-22)19(24)13-4-3-5-14(21)10-13/h3-5,10-12H,6-9H2,1-2H3. The van der Waals surface area contributed by atoms with Crippen LogP contribution in [0.4, 0.5) is 10.1 Å². The van der Waals surface area contributed by atoms with Gasteiger partial charge in [0.25, 0.3) is 5.91 Å². The molecule has 1 aliphatic heterocycles. The zero-order chi connectivity index (χ0) is 18.7. The second-order valence-corrected chi connectivity index (χ2v) is 6.36. The van der Waals surface area contributed by atoms with Gasteiger partial charge in [0.15, 0.2) is 0 Å². The van der Waals surface area contributed by atoms with E-state index >= 15 is 0 Å². The average Bonchev–Trinajstić information content (AvgIpc) is 2.67. The molecule has 1 aliphatic rings. The predicted octanol–water partition coefficient (Wildman–Crippen LogP) is 3.46. The Morgan fingerprint density at radius 3 is 2.35 bits per heavy atom. The number of hydrogen-bond acceptors (Lipinski definition) is 4. The van der Waals surface area contributed by atoms with Crippen molar-refractivity contribution in [1.29, 1.82) is 0 Å². The first-order valence-corrected chi connectivity index (χ1v) is 8.62. The van der Waals surface area contributed by atoms with Gasteiger partial charge in [0, 0.05) is 43.9 Å². The molecule has 0 saturated carbocycles.